The lowest BCUT2D eigenvalue weighted by atomic mass is 9.84. The predicted octanol–water partition coefficient (Wildman–Crippen LogP) is 6.42. The Bertz CT molecular complexity index is 1060. The van der Waals surface area contributed by atoms with Gasteiger partial charge in [0.25, 0.3) is 0 Å². The number of esters is 1. The number of hydrogen-bond donors (Lipinski definition) is 0. The molecule has 0 spiro atoms. The maximum atomic E-state index is 13.3. The van der Waals surface area contributed by atoms with Crippen LogP contribution >= 0.6 is 11.6 Å². The molecule has 0 N–H and O–H groups in total. The molecule has 1 heterocycles. The molecule has 0 aliphatic heterocycles. The van der Waals surface area contributed by atoms with Crippen molar-refractivity contribution in [2.75, 3.05) is 6.61 Å². The highest BCUT2D eigenvalue weighted by Gasteiger charge is 2.47. The van der Waals surface area contributed by atoms with Gasteiger partial charge in [0.2, 0.25) is 0 Å². The average molecular weight is 508 g/mol. The van der Waals surface area contributed by atoms with Crippen LogP contribution in [0.15, 0.2) is 18.2 Å². The molecule has 0 unspecified atom stereocenters. The van der Waals surface area contributed by atoms with E-state index < -0.39 is 36.3 Å². The Kier molecular flexibility index (Phi) is 8.89. The third kappa shape index (κ3) is 6.38. The van der Waals surface area contributed by atoms with Crippen molar-refractivity contribution in [3.8, 4) is 23.1 Å². The summed E-state index contributed by atoms with van der Waals surface area (Å²) in [6.45, 7) is 0.450. The van der Waals surface area contributed by atoms with E-state index in [4.69, 9.17) is 21.6 Å². The lowest BCUT2D eigenvalue weighted by molar-refractivity contribution is -0.211. The van der Waals surface area contributed by atoms with E-state index >= 15 is 0 Å². The molecular formula is C22H23ClF5N3O3. The number of hydrogen-bond acceptors (Lipinski definition) is 5. The molecule has 0 radical (unpaired) electrons. The first-order valence-corrected chi connectivity index (χ1v) is 10.6. The second-order valence-electron chi connectivity index (χ2n) is 7.98. The topological polar surface area (TPSA) is 77.1 Å². The van der Waals surface area contributed by atoms with Gasteiger partial charge in [-0.05, 0) is 37.5 Å². The molecule has 2 aromatic rings. The largest absolute Gasteiger partial charge is 0.461 e. The first-order valence-electron chi connectivity index (χ1n) is 10.3. The van der Waals surface area contributed by atoms with E-state index in [2.05, 4.69) is 9.84 Å². The molecule has 0 aliphatic carbocycles. The smallest absolute Gasteiger partial charge is 0.394 e. The van der Waals surface area contributed by atoms with E-state index in [-0.39, 0.29) is 47.1 Å². The number of aryl methyl sites for hydroxylation is 1. The van der Waals surface area contributed by atoms with Gasteiger partial charge in [-0.2, -0.15) is 32.3 Å². The van der Waals surface area contributed by atoms with E-state index in [0.29, 0.717) is 6.42 Å². The van der Waals surface area contributed by atoms with Crippen molar-refractivity contribution in [3.05, 3.63) is 34.5 Å². The van der Waals surface area contributed by atoms with Crippen molar-refractivity contribution in [3.63, 3.8) is 0 Å². The minimum atomic E-state index is -4.52. The van der Waals surface area contributed by atoms with Gasteiger partial charge in [0.15, 0.2) is 5.69 Å². The number of alkyl halides is 5. The Morgan fingerprint density at radius 2 is 1.97 bits per heavy atom. The highest BCUT2D eigenvalue weighted by atomic mass is 35.5. The monoisotopic (exact) mass is 507 g/mol. The first kappa shape index (κ1) is 27.4. The molecule has 6 nitrogen and oxygen atoms in total. The van der Waals surface area contributed by atoms with Crippen molar-refractivity contribution in [2.24, 2.45) is 5.41 Å². The summed E-state index contributed by atoms with van der Waals surface area (Å²) in [6, 6.07) is 5.68. The zero-order valence-corrected chi connectivity index (χ0v) is 19.4. The van der Waals surface area contributed by atoms with Crippen molar-refractivity contribution in [2.45, 2.75) is 59.4 Å². The van der Waals surface area contributed by atoms with Crippen molar-refractivity contribution in [1.29, 1.82) is 5.26 Å². The Balaban J connectivity index is 2.63. The minimum absolute atomic E-state index is 0.00105. The fraction of sp³-hybridized carbons (Fsp3) is 0.500. The second kappa shape index (κ2) is 11.0. The van der Waals surface area contributed by atoms with Crippen molar-refractivity contribution in [1.82, 2.24) is 9.78 Å². The highest BCUT2D eigenvalue weighted by Crippen LogP contribution is 2.43. The number of carbonyl (C=O) groups excluding carboxylic acids is 1. The number of unbranched alkanes of at least 4 members (excludes halogenated alkanes) is 1. The summed E-state index contributed by atoms with van der Waals surface area (Å²) in [5.74, 6) is -1.27. The molecule has 0 bridgehead atoms. The van der Waals surface area contributed by atoms with E-state index in [0.717, 1.165) is 19.9 Å². The Hall–Kier alpha value is -2.87. The van der Waals surface area contributed by atoms with Gasteiger partial charge >= 0.3 is 18.8 Å². The maximum absolute atomic E-state index is 13.3. The molecule has 1 aromatic heterocycles. The molecule has 0 amide bonds. The van der Waals surface area contributed by atoms with Crippen LogP contribution in [0, 0.1) is 16.7 Å². The summed E-state index contributed by atoms with van der Waals surface area (Å²) in [5, 5.41) is 12.7. The van der Waals surface area contributed by atoms with Gasteiger partial charge in [-0.25, -0.2) is 4.79 Å². The molecule has 0 saturated carbocycles. The average Bonchev–Trinajstić information content (AvgIpc) is 3.03. The Morgan fingerprint density at radius 1 is 1.29 bits per heavy atom. The number of aromatic nitrogens is 2. The first-order chi connectivity index (χ1) is 15.8. The SMILES string of the molecule is CCOC(=O)c1nn(CCCC#N)c(-c2ccc(CC(C)(C)C(F)(F)F)cc2OC(F)F)c1Cl. The number of ether oxygens (including phenoxy) is 2. The zero-order valence-electron chi connectivity index (χ0n) is 18.7. The van der Waals surface area contributed by atoms with Crippen molar-refractivity contribution < 1.29 is 36.2 Å². The summed E-state index contributed by atoms with van der Waals surface area (Å²) in [4.78, 5) is 12.3. The number of carbonyl (C=O) groups is 1. The molecule has 1 aromatic carbocycles. The van der Waals surface area contributed by atoms with Gasteiger partial charge in [0.1, 0.15) is 10.8 Å². The standard InChI is InChI=1S/C22H23ClF5N3O3/c1-4-33-19(32)17-16(23)18(31(30-17)10-6-5-9-29)14-8-7-13(11-15(14)34-20(24)25)12-21(2,3)22(26,27)28/h7-8,11,20H,4-6,10,12H2,1-3H3. The van der Waals surface area contributed by atoms with Crippen LogP contribution in [0.4, 0.5) is 22.0 Å². The fourth-order valence-electron chi connectivity index (χ4n) is 3.17. The Morgan fingerprint density at radius 3 is 2.53 bits per heavy atom. The number of nitrogens with zero attached hydrogens (tertiary/aromatic N) is 3. The van der Waals surface area contributed by atoms with Crippen LogP contribution in [0.2, 0.25) is 5.02 Å². The number of halogens is 6. The summed E-state index contributed by atoms with van der Waals surface area (Å²) in [7, 11) is 0. The number of nitriles is 1. The summed E-state index contributed by atoms with van der Waals surface area (Å²) in [5.41, 5.74) is -2.23. The second-order valence-corrected chi connectivity index (χ2v) is 8.36. The van der Waals surface area contributed by atoms with Crippen LogP contribution in [0.25, 0.3) is 11.3 Å². The lowest BCUT2D eigenvalue weighted by Gasteiger charge is -2.28. The van der Waals surface area contributed by atoms with E-state index in [1.54, 1.807) is 6.92 Å². The van der Waals surface area contributed by atoms with Gasteiger partial charge in [0.05, 0.1) is 23.8 Å². The van der Waals surface area contributed by atoms with E-state index in [1.807, 2.05) is 6.07 Å². The van der Waals surface area contributed by atoms with E-state index in [9.17, 15) is 26.7 Å². The third-order valence-corrected chi connectivity index (χ3v) is 5.31. The summed E-state index contributed by atoms with van der Waals surface area (Å²) in [6.07, 6.45) is -4.55. The van der Waals surface area contributed by atoms with Crippen LogP contribution < -0.4 is 4.74 Å². The van der Waals surface area contributed by atoms with E-state index in [1.165, 1.54) is 16.8 Å². The molecule has 0 fully saturated rings. The lowest BCUT2D eigenvalue weighted by Crippen LogP contribution is -2.34. The quantitative estimate of drug-likeness (QED) is 0.211. The third-order valence-electron chi connectivity index (χ3n) is 4.95. The van der Waals surface area contributed by atoms with Gasteiger partial charge in [-0.15, -0.1) is 0 Å². The highest BCUT2D eigenvalue weighted by molar-refractivity contribution is 6.36. The van der Waals surface area contributed by atoms with Crippen LogP contribution in [-0.2, 0) is 17.7 Å². The minimum Gasteiger partial charge on any atom is -0.461 e. The molecule has 0 aliphatic rings. The Labute approximate surface area is 198 Å². The molecule has 12 heteroatoms. The molecule has 2 rings (SSSR count). The van der Waals surface area contributed by atoms with Gasteiger partial charge in [-0.1, -0.05) is 31.5 Å². The van der Waals surface area contributed by atoms with Gasteiger partial charge in [0, 0.05) is 18.5 Å². The van der Waals surface area contributed by atoms with Gasteiger partial charge < -0.3 is 9.47 Å². The van der Waals surface area contributed by atoms with Gasteiger partial charge in [-0.3, -0.25) is 4.68 Å². The number of benzene rings is 1. The maximum Gasteiger partial charge on any atom is 0.394 e. The fourth-order valence-corrected chi connectivity index (χ4v) is 3.49. The van der Waals surface area contributed by atoms with Crippen LogP contribution in [0.5, 0.6) is 5.75 Å². The molecule has 186 valence electrons. The summed E-state index contributed by atoms with van der Waals surface area (Å²) < 4.78 is 77.1. The van der Waals surface area contributed by atoms with Crippen LogP contribution in [0.3, 0.4) is 0 Å². The normalized spacial score (nSPS) is 12.0. The van der Waals surface area contributed by atoms with Crippen LogP contribution in [-0.4, -0.2) is 35.1 Å². The van der Waals surface area contributed by atoms with Crippen LogP contribution in [0.1, 0.15) is 49.7 Å². The molecular weight excluding hydrogens is 485 g/mol. The molecule has 0 saturated heterocycles. The number of rotatable bonds is 10. The van der Waals surface area contributed by atoms with Crippen molar-refractivity contribution >= 4 is 17.6 Å². The zero-order chi connectivity index (χ0) is 25.7. The predicted molar refractivity (Wildman–Crippen MR) is 114 cm³/mol. The molecule has 0 atom stereocenters. The molecule has 34 heavy (non-hydrogen) atoms. The summed E-state index contributed by atoms with van der Waals surface area (Å²) >= 11 is 6.38.